The lowest BCUT2D eigenvalue weighted by Crippen LogP contribution is -2.13. The van der Waals surface area contributed by atoms with E-state index in [1.165, 1.54) is 0 Å². The summed E-state index contributed by atoms with van der Waals surface area (Å²) in [5.41, 5.74) is 2.14. The largest absolute Gasteiger partial charge is 0.473 e. The minimum atomic E-state index is 0.512. The minimum Gasteiger partial charge on any atom is -0.473 e. The van der Waals surface area contributed by atoms with E-state index in [1.54, 1.807) is 10.8 Å². The fourth-order valence-electron chi connectivity index (χ4n) is 1.45. The molecule has 1 aromatic heterocycles. The Hall–Kier alpha value is -1.29. The van der Waals surface area contributed by atoms with E-state index < -0.39 is 0 Å². The summed E-state index contributed by atoms with van der Waals surface area (Å²) in [6, 6.07) is 0. The maximum absolute atomic E-state index is 5.58. The predicted octanol–water partition coefficient (Wildman–Crippen LogP) is 1.40. The van der Waals surface area contributed by atoms with Crippen molar-refractivity contribution >= 4 is 0 Å². The van der Waals surface area contributed by atoms with Crippen molar-refractivity contribution in [2.24, 2.45) is 7.05 Å². The fraction of sp³-hybridized carbons (Fsp3) is 0.545. The van der Waals surface area contributed by atoms with Crippen LogP contribution in [0.5, 0.6) is 5.88 Å². The molecule has 0 aromatic carbocycles. The van der Waals surface area contributed by atoms with Gasteiger partial charge in [0.15, 0.2) is 0 Å². The average Bonchev–Trinajstić information content (AvgIpc) is 2.47. The third-order valence-electron chi connectivity index (χ3n) is 2.18. The van der Waals surface area contributed by atoms with Crippen molar-refractivity contribution in [3.8, 4) is 5.88 Å². The Kier molecular flexibility index (Phi) is 4.37. The van der Waals surface area contributed by atoms with E-state index in [0.29, 0.717) is 6.61 Å². The van der Waals surface area contributed by atoms with Gasteiger partial charge in [0.2, 0.25) is 5.88 Å². The molecule has 4 nitrogen and oxygen atoms in total. The van der Waals surface area contributed by atoms with E-state index in [1.807, 2.05) is 14.0 Å². The maximum atomic E-state index is 5.58. The first-order valence-corrected chi connectivity index (χ1v) is 5.17. The number of aryl methyl sites for hydroxylation is 2. The van der Waals surface area contributed by atoms with Crippen LogP contribution in [0.3, 0.4) is 0 Å². The van der Waals surface area contributed by atoms with Crippen LogP contribution in [0.15, 0.2) is 12.7 Å². The Morgan fingerprint density at radius 2 is 2.33 bits per heavy atom. The van der Waals surface area contributed by atoms with Crippen LogP contribution in [-0.2, 0) is 13.6 Å². The Bertz CT molecular complexity index is 331. The van der Waals surface area contributed by atoms with Gasteiger partial charge in [0.1, 0.15) is 6.61 Å². The first kappa shape index (κ1) is 11.8. The lowest BCUT2D eigenvalue weighted by Gasteiger charge is -2.07. The van der Waals surface area contributed by atoms with Crippen molar-refractivity contribution in [3.63, 3.8) is 0 Å². The van der Waals surface area contributed by atoms with E-state index in [9.17, 15) is 0 Å². The SMILES string of the molecule is C=CCOc1c(CNCC)c(C)nn1C. The van der Waals surface area contributed by atoms with Crippen LogP contribution in [0.1, 0.15) is 18.2 Å². The number of nitrogens with zero attached hydrogens (tertiary/aromatic N) is 2. The number of hydrogen-bond donors (Lipinski definition) is 1. The maximum Gasteiger partial charge on any atom is 0.216 e. The highest BCUT2D eigenvalue weighted by molar-refractivity contribution is 5.30. The zero-order valence-corrected chi connectivity index (χ0v) is 9.71. The molecule has 1 heterocycles. The smallest absolute Gasteiger partial charge is 0.216 e. The van der Waals surface area contributed by atoms with E-state index >= 15 is 0 Å². The normalized spacial score (nSPS) is 10.3. The standard InChI is InChI=1S/C11H19N3O/c1-5-7-15-11-10(8-12-6-2)9(3)13-14(11)4/h5,12H,1,6-8H2,2-4H3. The van der Waals surface area contributed by atoms with Crippen molar-refractivity contribution in [2.45, 2.75) is 20.4 Å². The zero-order chi connectivity index (χ0) is 11.3. The molecule has 15 heavy (non-hydrogen) atoms. The Labute approximate surface area is 90.9 Å². The third kappa shape index (κ3) is 2.83. The fourth-order valence-corrected chi connectivity index (χ4v) is 1.45. The molecule has 0 aliphatic heterocycles. The van der Waals surface area contributed by atoms with E-state index in [0.717, 1.165) is 30.2 Å². The second-order valence-electron chi connectivity index (χ2n) is 3.37. The molecule has 0 bridgehead atoms. The predicted molar refractivity (Wildman–Crippen MR) is 61.0 cm³/mol. The summed E-state index contributed by atoms with van der Waals surface area (Å²) in [6.45, 7) is 9.95. The molecule has 1 aromatic rings. The quantitative estimate of drug-likeness (QED) is 0.720. The highest BCUT2D eigenvalue weighted by Crippen LogP contribution is 2.20. The van der Waals surface area contributed by atoms with Gasteiger partial charge in [-0.2, -0.15) is 5.10 Å². The van der Waals surface area contributed by atoms with E-state index in [4.69, 9.17) is 4.74 Å². The zero-order valence-electron chi connectivity index (χ0n) is 9.71. The molecule has 0 unspecified atom stereocenters. The molecule has 0 aliphatic rings. The van der Waals surface area contributed by atoms with Crippen molar-refractivity contribution in [1.82, 2.24) is 15.1 Å². The van der Waals surface area contributed by atoms with Crippen LogP contribution in [0, 0.1) is 6.92 Å². The van der Waals surface area contributed by atoms with Crippen molar-refractivity contribution in [3.05, 3.63) is 23.9 Å². The molecule has 0 amide bonds. The van der Waals surface area contributed by atoms with Gasteiger partial charge in [0, 0.05) is 13.6 Å². The summed E-state index contributed by atoms with van der Waals surface area (Å²) in [7, 11) is 1.89. The molecule has 84 valence electrons. The molecule has 0 saturated heterocycles. The Morgan fingerprint density at radius 1 is 1.60 bits per heavy atom. The molecule has 0 saturated carbocycles. The van der Waals surface area contributed by atoms with Crippen LogP contribution in [0.25, 0.3) is 0 Å². The van der Waals surface area contributed by atoms with Gasteiger partial charge in [-0.25, -0.2) is 4.68 Å². The number of rotatable bonds is 6. The monoisotopic (exact) mass is 209 g/mol. The van der Waals surface area contributed by atoms with Crippen molar-refractivity contribution in [2.75, 3.05) is 13.2 Å². The lowest BCUT2D eigenvalue weighted by atomic mass is 10.2. The van der Waals surface area contributed by atoms with Crippen molar-refractivity contribution < 1.29 is 4.74 Å². The number of ether oxygens (including phenoxy) is 1. The van der Waals surface area contributed by atoms with Crippen LogP contribution in [0.2, 0.25) is 0 Å². The first-order chi connectivity index (χ1) is 7.20. The number of hydrogen-bond acceptors (Lipinski definition) is 3. The first-order valence-electron chi connectivity index (χ1n) is 5.17. The summed E-state index contributed by atoms with van der Waals surface area (Å²) in [5, 5.41) is 7.61. The minimum absolute atomic E-state index is 0.512. The summed E-state index contributed by atoms with van der Waals surface area (Å²) in [5.74, 6) is 0.827. The summed E-state index contributed by atoms with van der Waals surface area (Å²) in [6.07, 6.45) is 1.74. The molecule has 4 heteroatoms. The summed E-state index contributed by atoms with van der Waals surface area (Å²) in [4.78, 5) is 0. The second-order valence-corrected chi connectivity index (χ2v) is 3.37. The Morgan fingerprint density at radius 3 is 2.93 bits per heavy atom. The van der Waals surface area contributed by atoms with E-state index in [-0.39, 0.29) is 0 Å². The molecule has 0 radical (unpaired) electrons. The van der Waals surface area contributed by atoms with E-state index in [2.05, 4.69) is 23.9 Å². The number of nitrogens with one attached hydrogen (secondary N) is 1. The molecule has 0 atom stereocenters. The molecule has 1 N–H and O–H groups in total. The van der Waals surface area contributed by atoms with Gasteiger partial charge in [0.25, 0.3) is 0 Å². The highest BCUT2D eigenvalue weighted by atomic mass is 16.5. The molecule has 0 aliphatic carbocycles. The number of aromatic nitrogens is 2. The van der Waals surface area contributed by atoms with Crippen LogP contribution < -0.4 is 10.1 Å². The molecular formula is C11H19N3O. The Balaban J connectivity index is 2.84. The van der Waals surface area contributed by atoms with Crippen LogP contribution >= 0.6 is 0 Å². The van der Waals surface area contributed by atoms with Gasteiger partial charge in [-0.15, -0.1) is 0 Å². The summed E-state index contributed by atoms with van der Waals surface area (Å²) >= 11 is 0. The van der Waals surface area contributed by atoms with Gasteiger partial charge in [0.05, 0.1) is 11.3 Å². The molecule has 1 rings (SSSR count). The average molecular weight is 209 g/mol. The molecule has 0 spiro atoms. The van der Waals surface area contributed by atoms with Gasteiger partial charge in [-0.3, -0.25) is 0 Å². The second kappa shape index (κ2) is 5.56. The molecular weight excluding hydrogens is 190 g/mol. The van der Waals surface area contributed by atoms with Gasteiger partial charge < -0.3 is 10.1 Å². The van der Waals surface area contributed by atoms with Crippen molar-refractivity contribution in [1.29, 1.82) is 0 Å². The topological polar surface area (TPSA) is 39.1 Å². The molecule has 0 fully saturated rings. The van der Waals surface area contributed by atoms with Gasteiger partial charge in [-0.1, -0.05) is 19.6 Å². The highest BCUT2D eigenvalue weighted by Gasteiger charge is 2.13. The van der Waals surface area contributed by atoms with Crippen LogP contribution in [-0.4, -0.2) is 22.9 Å². The third-order valence-corrected chi connectivity index (χ3v) is 2.18. The lowest BCUT2D eigenvalue weighted by molar-refractivity contribution is 0.325. The van der Waals surface area contributed by atoms with Gasteiger partial charge >= 0.3 is 0 Å². The van der Waals surface area contributed by atoms with Crippen LogP contribution in [0.4, 0.5) is 0 Å². The van der Waals surface area contributed by atoms with Gasteiger partial charge in [-0.05, 0) is 13.5 Å². The summed E-state index contributed by atoms with van der Waals surface area (Å²) < 4.78 is 7.35.